The quantitative estimate of drug-likeness (QED) is 0.0164. The number of nitrogens with zero attached hydrogens (tertiary/aromatic N) is 3. The summed E-state index contributed by atoms with van der Waals surface area (Å²) >= 11 is 0. The molecule has 0 bridgehead atoms. The summed E-state index contributed by atoms with van der Waals surface area (Å²) in [5.74, 6) is 1.27. The van der Waals surface area contributed by atoms with Crippen LogP contribution in [0, 0.1) is 31.6 Å². The summed E-state index contributed by atoms with van der Waals surface area (Å²) < 4.78 is 0. The fourth-order valence-electron chi connectivity index (χ4n) is 9.86. The number of ketones is 3. The van der Waals surface area contributed by atoms with Crippen LogP contribution in [0.4, 0.5) is 11.4 Å². The first-order valence-corrected chi connectivity index (χ1v) is 29.0. The monoisotopic (exact) mass is 1270 g/mol. The number of aromatic amines is 3. The average Bonchev–Trinajstić information content (AvgIpc) is 1.74. The highest BCUT2D eigenvalue weighted by molar-refractivity contribution is 6.15. The molecule has 482 valence electrons. The van der Waals surface area contributed by atoms with Crippen molar-refractivity contribution in [3.63, 3.8) is 0 Å². The molecule has 0 unspecified atom stereocenters. The molecule has 17 heteroatoms. The number of allylic oxidation sites excluding steroid dienone is 3. The van der Waals surface area contributed by atoms with Crippen LogP contribution < -0.4 is 21.7 Å². The number of rotatable bonds is 19. The smallest absolute Gasteiger partial charge is 0.252 e. The number of H-pyrrole nitrogens is 3. The Morgan fingerprint density at radius 2 is 1.00 bits per heavy atom. The van der Waals surface area contributed by atoms with Crippen molar-refractivity contribution in [1.82, 2.24) is 41.2 Å². The maximum absolute atomic E-state index is 12.3. The molecule has 17 nitrogen and oxygen atoms in total. The largest absolute Gasteiger partial charge is 0.398 e. The van der Waals surface area contributed by atoms with Gasteiger partial charge in [0.2, 0.25) is 5.91 Å². The summed E-state index contributed by atoms with van der Waals surface area (Å²) in [7, 11) is 1.53. The van der Waals surface area contributed by atoms with Crippen LogP contribution in [0.5, 0.6) is 0 Å². The van der Waals surface area contributed by atoms with Crippen molar-refractivity contribution < 1.29 is 28.8 Å². The predicted molar refractivity (Wildman–Crippen MR) is 388 cm³/mol. The first-order chi connectivity index (χ1) is 44.4. The number of hydrogen-bond acceptors (Lipinski definition) is 11. The van der Waals surface area contributed by atoms with Gasteiger partial charge in [-0.15, -0.1) is 6.42 Å². The van der Waals surface area contributed by atoms with Gasteiger partial charge < -0.3 is 21.7 Å². The summed E-state index contributed by atoms with van der Waals surface area (Å²) in [4.78, 5) is 70.6. The number of terminal acetylenes is 1. The molecule has 3 amide bonds. The predicted octanol–water partition coefficient (Wildman–Crippen LogP) is 14.6. The standard InChI is InChI=1S/C20H16N4O2.C19H19N3O2.2C18H16N2O.3CH4/c1-3-9-21-20(26)14-10-13(11-15(12-14)22-18(25)4-2)19-16-7-5-6-8-17(16)23-24-19;1-3-15(23)10-12-8-13(11-14(9-12)19(24)22-2)18(21)16-6-4-5-7-17(16)20;2*1-3-15(21)11-13-5-4-6-14(10-13)18-16-8-7-12(2)9-17(16)19-20-18;;;/h1,4-8,10-12H,2,9H2,(H,21,26)(H,22,25)(H,23,24);3-9,11,21H,1,10,20H2,2H3,(H,22,24);2*3-10H,1,11H2,2H3,(H,19,20);3*1H4. The van der Waals surface area contributed by atoms with Crippen LogP contribution in [-0.2, 0) is 38.4 Å². The summed E-state index contributed by atoms with van der Waals surface area (Å²) in [5.41, 5.74) is 22.1. The van der Waals surface area contributed by atoms with Crippen molar-refractivity contribution in [2.24, 2.45) is 0 Å². The summed E-state index contributed by atoms with van der Waals surface area (Å²) in [6.45, 7) is 18.1. The number of carbonyl (C=O) groups is 6. The zero-order chi connectivity index (χ0) is 65.8. The minimum atomic E-state index is -0.371. The van der Waals surface area contributed by atoms with Crippen LogP contribution >= 0.6 is 0 Å². The van der Waals surface area contributed by atoms with Crippen LogP contribution in [0.3, 0.4) is 0 Å². The summed E-state index contributed by atoms with van der Waals surface area (Å²) in [6.07, 6.45) is 11.2. The van der Waals surface area contributed by atoms with Gasteiger partial charge in [0.25, 0.3) is 11.8 Å². The molecule has 0 aliphatic carbocycles. The van der Waals surface area contributed by atoms with Gasteiger partial charge in [-0.2, -0.15) is 15.3 Å². The van der Waals surface area contributed by atoms with E-state index in [-0.39, 0.29) is 76.0 Å². The molecule has 8 aromatic carbocycles. The molecule has 0 spiro atoms. The van der Waals surface area contributed by atoms with Crippen LogP contribution in [0.2, 0.25) is 0 Å². The molecule has 3 aromatic heterocycles. The second-order valence-electron chi connectivity index (χ2n) is 21.1. The van der Waals surface area contributed by atoms with E-state index in [1.54, 1.807) is 60.7 Å². The fourth-order valence-corrected chi connectivity index (χ4v) is 9.86. The van der Waals surface area contributed by atoms with Crippen molar-refractivity contribution >= 4 is 84.9 Å². The van der Waals surface area contributed by atoms with E-state index in [4.69, 9.17) is 17.6 Å². The van der Waals surface area contributed by atoms with E-state index in [1.807, 2.05) is 72.8 Å². The van der Waals surface area contributed by atoms with Crippen LogP contribution in [-0.4, -0.2) is 85.0 Å². The van der Waals surface area contributed by atoms with Crippen molar-refractivity contribution in [3.05, 3.63) is 271 Å². The van der Waals surface area contributed by atoms with E-state index in [0.717, 1.165) is 72.4 Å². The van der Waals surface area contributed by atoms with Gasteiger partial charge in [0, 0.05) is 92.8 Å². The van der Waals surface area contributed by atoms with Gasteiger partial charge in [0.15, 0.2) is 17.3 Å². The summed E-state index contributed by atoms with van der Waals surface area (Å²) in [6, 6.07) is 53.0. The Morgan fingerprint density at radius 1 is 0.516 bits per heavy atom. The number of aromatic nitrogens is 6. The Balaban J connectivity index is 0.000000228. The SMILES string of the molecule is C.C.C.C#CCNC(=O)c1cc(NC(=O)C=C)cc(-c2n[nH]c3ccccc23)c1.C=CC(=O)Cc1cc(C(=N)c2ccccc2N)cc(C(=O)NC)c1.C=CC(=O)Cc1cccc(-c2n[nH]c3cc(C)ccc23)c1.C=CC(=O)Cc1cccc(-c2n[nH]c3cc(C)ccc23)c1. The van der Waals surface area contributed by atoms with E-state index in [2.05, 4.69) is 129 Å². The van der Waals surface area contributed by atoms with Crippen LogP contribution in [0.15, 0.2) is 220 Å². The number of nitrogens with two attached hydrogens (primary N) is 1. The van der Waals surface area contributed by atoms with Gasteiger partial charge in [0.05, 0.1) is 45.9 Å². The lowest BCUT2D eigenvalue weighted by molar-refractivity contribution is -0.114. The third kappa shape index (κ3) is 19.1. The van der Waals surface area contributed by atoms with Gasteiger partial charge in [0.1, 0.15) is 0 Å². The number of benzene rings is 8. The lowest BCUT2D eigenvalue weighted by Crippen LogP contribution is -2.23. The van der Waals surface area contributed by atoms with Crippen LogP contribution in [0.1, 0.15) is 81.9 Å². The number of anilines is 2. The molecule has 0 radical (unpaired) electrons. The highest BCUT2D eigenvalue weighted by Gasteiger charge is 2.17. The Bertz CT molecular complexity index is 4570. The third-order valence-electron chi connectivity index (χ3n) is 14.4. The van der Waals surface area contributed by atoms with Gasteiger partial charge >= 0.3 is 0 Å². The first-order valence-electron chi connectivity index (χ1n) is 29.0. The maximum atomic E-state index is 12.3. The van der Waals surface area contributed by atoms with Gasteiger partial charge in [-0.05, 0) is 139 Å². The molecule has 0 atom stereocenters. The van der Waals surface area contributed by atoms with E-state index in [0.29, 0.717) is 63.3 Å². The van der Waals surface area contributed by atoms with Crippen molar-refractivity contribution in [1.29, 1.82) is 5.41 Å². The zero-order valence-corrected chi connectivity index (χ0v) is 51.1. The Hall–Kier alpha value is -12.4. The number of nitrogen functional groups attached to an aromatic ring is 1. The summed E-state index contributed by atoms with van der Waals surface area (Å²) in [5, 5.41) is 41.6. The van der Waals surface area contributed by atoms with Crippen LogP contribution in [0.25, 0.3) is 66.5 Å². The number of hydrogen-bond donors (Lipinski definition) is 8. The highest BCUT2D eigenvalue weighted by Crippen LogP contribution is 2.32. The minimum Gasteiger partial charge on any atom is -0.398 e. The molecule has 0 aliphatic heterocycles. The molecule has 9 N–H and O–H groups in total. The molecule has 95 heavy (non-hydrogen) atoms. The molecular weight excluding hydrogens is 1190 g/mol. The lowest BCUT2D eigenvalue weighted by atomic mass is 9.95. The molecule has 0 saturated heterocycles. The first kappa shape index (κ1) is 73.3. The highest BCUT2D eigenvalue weighted by atomic mass is 16.2. The topological polar surface area (TPSA) is 274 Å². The number of amides is 3. The molecule has 0 aliphatic rings. The fraction of sp³-hybridized carbons (Fsp3) is 0.128. The second-order valence-corrected chi connectivity index (χ2v) is 21.1. The zero-order valence-electron chi connectivity index (χ0n) is 51.1. The van der Waals surface area contributed by atoms with Gasteiger partial charge in [-0.1, -0.05) is 152 Å². The minimum absolute atomic E-state index is 0. The molecule has 11 aromatic rings. The maximum Gasteiger partial charge on any atom is 0.252 e. The molecule has 11 rings (SSSR count). The number of fused-ring (bicyclic) bond motifs is 3. The number of aryl methyl sites for hydroxylation is 2. The number of para-hydroxylation sites is 2. The van der Waals surface area contributed by atoms with E-state index >= 15 is 0 Å². The second kappa shape index (κ2) is 34.7. The number of carbonyl (C=O) groups excluding carboxylic acids is 6. The van der Waals surface area contributed by atoms with E-state index in [9.17, 15) is 28.8 Å². The molecular formula is C78H79N11O6. The molecule has 0 saturated carbocycles. The molecule has 3 heterocycles. The normalized spacial score (nSPS) is 10.0. The molecule has 0 fully saturated rings. The van der Waals surface area contributed by atoms with Gasteiger partial charge in [-0.25, -0.2) is 0 Å². The van der Waals surface area contributed by atoms with Crippen molar-refractivity contribution in [3.8, 4) is 46.1 Å². The van der Waals surface area contributed by atoms with Crippen molar-refractivity contribution in [2.75, 3.05) is 24.6 Å². The Labute approximate surface area is 554 Å². The Morgan fingerprint density at radius 3 is 1.53 bits per heavy atom. The Kier molecular flexibility index (Phi) is 26.8. The third-order valence-corrected chi connectivity index (χ3v) is 14.4. The van der Waals surface area contributed by atoms with E-state index in [1.165, 1.54) is 36.4 Å². The van der Waals surface area contributed by atoms with Gasteiger partial charge in [-0.3, -0.25) is 49.5 Å². The number of nitrogens with one attached hydrogen (secondary N) is 7. The average molecular weight is 1270 g/mol. The lowest BCUT2D eigenvalue weighted by Gasteiger charge is -2.11. The van der Waals surface area contributed by atoms with Crippen molar-refractivity contribution in [2.45, 2.75) is 55.4 Å². The van der Waals surface area contributed by atoms with E-state index < -0.39 is 0 Å².